The lowest BCUT2D eigenvalue weighted by Crippen LogP contribution is -2.42. The van der Waals surface area contributed by atoms with E-state index >= 15 is 0 Å². The van der Waals surface area contributed by atoms with Crippen molar-refractivity contribution in [2.45, 2.75) is 56.0 Å². The fraction of sp³-hybridized carbons (Fsp3) is 0.391. The molecule has 1 atom stereocenters. The molecule has 0 bridgehead atoms. The number of halogens is 1. The summed E-state index contributed by atoms with van der Waals surface area (Å²) in [6.45, 7) is 8.31. The second-order valence-electron chi connectivity index (χ2n) is 9.02. The summed E-state index contributed by atoms with van der Waals surface area (Å²) < 4.78 is 0.818. The fourth-order valence-corrected chi connectivity index (χ4v) is 6.64. The van der Waals surface area contributed by atoms with Crippen LogP contribution < -0.4 is 10.6 Å². The van der Waals surface area contributed by atoms with Crippen LogP contribution in [0.15, 0.2) is 51.3 Å². The number of nitrogens with zero attached hydrogens (tertiary/aromatic N) is 4. The number of aromatic nitrogens is 2. The average molecular weight is 486 g/mol. The van der Waals surface area contributed by atoms with Gasteiger partial charge in [0.05, 0.1) is 17.6 Å². The van der Waals surface area contributed by atoms with E-state index < -0.39 is 5.92 Å². The Labute approximate surface area is 201 Å². The number of thioether (sulfide) groups is 1. The first-order valence-corrected chi connectivity index (χ1v) is 12.4. The quantitative estimate of drug-likeness (QED) is 0.560. The minimum Gasteiger partial charge on any atom is -0.384 e. The molecule has 0 spiro atoms. The first-order chi connectivity index (χ1) is 15.1. The van der Waals surface area contributed by atoms with Crippen molar-refractivity contribution in [3.63, 3.8) is 0 Å². The fourth-order valence-electron chi connectivity index (χ4n) is 4.29. The number of nitriles is 1. The lowest BCUT2D eigenvalue weighted by Gasteiger charge is -2.42. The molecule has 0 saturated heterocycles. The molecule has 166 valence electrons. The molecule has 2 aromatic rings. The minimum atomic E-state index is -0.596. The van der Waals surface area contributed by atoms with E-state index in [9.17, 15) is 10.1 Å². The molecule has 6 nitrogen and oxygen atoms in total. The maximum Gasteiger partial charge on any atom is 0.219 e. The van der Waals surface area contributed by atoms with E-state index in [1.165, 1.54) is 11.3 Å². The van der Waals surface area contributed by atoms with Gasteiger partial charge in [-0.3, -0.25) is 9.69 Å². The Morgan fingerprint density at radius 1 is 1.31 bits per heavy atom. The van der Waals surface area contributed by atoms with Gasteiger partial charge in [0.15, 0.2) is 10.1 Å². The zero-order valence-electron chi connectivity index (χ0n) is 18.3. The SMILES string of the molecule is CC(C)Sc1nnc(N2C(N)=C(C#N)C(c3ccccc3Cl)C3=C2CC(C)(C)CC3=O)s1. The van der Waals surface area contributed by atoms with Crippen LogP contribution in [0.4, 0.5) is 5.13 Å². The number of allylic oxidation sites excluding steroid dienone is 3. The van der Waals surface area contributed by atoms with Gasteiger partial charge >= 0.3 is 0 Å². The lowest BCUT2D eigenvalue weighted by atomic mass is 9.68. The number of ketones is 1. The molecule has 1 aromatic carbocycles. The van der Waals surface area contributed by atoms with Gasteiger partial charge in [0.2, 0.25) is 5.13 Å². The van der Waals surface area contributed by atoms with Crippen molar-refractivity contribution in [3.05, 3.63) is 57.5 Å². The van der Waals surface area contributed by atoms with Crippen molar-refractivity contribution in [2.75, 3.05) is 4.90 Å². The zero-order chi connectivity index (χ0) is 23.2. The molecule has 0 amide bonds. The smallest absolute Gasteiger partial charge is 0.219 e. The van der Waals surface area contributed by atoms with Gasteiger partial charge in [-0.1, -0.05) is 80.6 Å². The van der Waals surface area contributed by atoms with Crippen LogP contribution in [0.3, 0.4) is 0 Å². The maximum atomic E-state index is 13.5. The first kappa shape index (κ1) is 22.8. The van der Waals surface area contributed by atoms with Crippen LogP contribution >= 0.6 is 34.7 Å². The molecule has 0 radical (unpaired) electrons. The Morgan fingerprint density at radius 3 is 2.69 bits per heavy atom. The summed E-state index contributed by atoms with van der Waals surface area (Å²) in [5.74, 6) is -0.312. The molecular weight excluding hydrogens is 462 g/mol. The molecule has 2 N–H and O–H groups in total. The largest absolute Gasteiger partial charge is 0.384 e. The highest BCUT2D eigenvalue weighted by Crippen LogP contribution is 2.51. The third-order valence-corrected chi connectivity index (χ3v) is 7.86. The number of carbonyl (C=O) groups excluding carboxylic acids is 1. The van der Waals surface area contributed by atoms with E-state index in [-0.39, 0.29) is 17.0 Å². The number of Topliss-reactive ketones (excluding diaryl/α,β-unsaturated/α-hetero) is 1. The molecule has 4 rings (SSSR count). The Morgan fingerprint density at radius 2 is 2.03 bits per heavy atom. The van der Waals surface area contributed by atoms with Gasteiger partial charge in [-0.15, -0.1) is 10.2 Å². The Bertz CT molecular complexity index is 1190. The standard InChI is InChI=1S/C23H24ClN5OS2/c1-12(2)31-22-28-27-21(32-22)29-16-9-23(3,4)10-17(30)19(16)18(14(11-25)20(29)26)13-7-5-6-8-15(13)24/h5-8,12,18H,9-10,26H2,1-4H3. The summed E-state index contributed by atoms with van der Waals surface area (Å²) in [4.78, 5) is 15.3. The maximum absolute atomic E-state index is 13.5. The monoisotopic (exact) mass is 485 g/mol. The number of nitrogens with two attached hydrogens (primary N) is 1. The molecule has 0 fully saturated rings. The molecule has 1 aliphatic carbocycles. The van der Waals surface area contributed by atoms with Gasteiger partial charge in [0.1, 0.15) is 5.82 Å². The third-order valence-electron chi connectivity index (χ3n) is 5.52. The van der Waals surface area contributed by atoms with Crippen molar-refractivity contribution >= 4 is 45.6 Å². The molecule has 32 heavy (non-hydrogen) atoms. The van der Waals surface area contributed by atoms with Crippen molar-refractivity contribution in [3.8, 4) is 6.07 Å². The van der Waals surface area contributed by atoms with Gasteiger partial charge in [0, 0.05) is 28.0 Å². The second-order valence-corrected chi connectivity index (χ2v) is 12.2. The summed E-state index contributed by atoms with van der Waals surface area (Å²) in [5.41, 5.74) is 8.75. The summed E-state index contributed by atoms with van der Waals surface area (Å²) in [7, 11) is 0. The first-order valence-electron chi connectivity index (χ1n) is 10.3. The Balaban J connectivity index is 1.95. The van der Waals surface area contributed by atoms with Gasteiger partial charge in [0.25, 0.3) is 0 Å². The Kier molecular flexibility index (Phi) is 6.10. The highest BCUT2D eigenvalue weighted by molar-refractivity contribution is 8.01. The van der Waals surface area contributed by atoms with E-state index in [0.717, 1.165) is 10.0 Å². The molecule has 1 aliphatic heterocycles. The van der Waals surface area contributed by atoms with Crippen LogP contribution in [0.5, 0.6) is 0 Å². The molecule has 0 saturated carbocycles. The van der Waals surface area contributed by atoms with E-state index in [1.807, 2.05) is 18.2 Å². The highest BCUT2D eigenvalue weighted by atomic mass is 35.5. The molecule has 1 aromatic heterocycles. The topological polar surface area (TPSA) is 95.9 Å². The molecule has 2 heterocycles. The molecule has 9 heteroatoms. The summed E-state index contributed by atoms with van der Waals surface area (Å²) in [5, 5.41) is 20.2. The predicted octanol–water partition coefficient (Wildman–Crippen LogP) is 5.63. The number of hydrogen-bond donors (Lipinski definition) is 1. The van der Waals surface area contributed by atoms with E-state index in [1.54, 1.807) is 22.7 Å². The third kappa shape index (κ3) is 4.05. The van der Waals surface area contributed by atoms with Crippen molar-refractivity contribution in [2.24, 2.45) is 11.1 Å². The number of rotatable bonds is 4. The van der Waals surface area contributed by atoms with Crippen LogP contribution in [-0.2, 0) is 4.79 Å². The van der Waals surface area contributed by atoms with E-state index in [2.05, 4.69) is 44.0 Å². The number of anilines is 1. The van der Waals surface area contributed by atoms with Gasteiger partial charge in [-0.05, 0) is 23.5 Å². The molecule has 2 aliphatic rings. The highest BCUT2D eigenvalue weighted by Gasteiger charge is 2.45. The average Bonchev–Trinajstić information content (AvgIpc) is 3.13. The van der Waals surface area contributed by atoms with Gasteiger partial charge in [-0.2, -0.15) is 5.26 Å². The van der Waals surface area contributed by atoms with Crippen molar-refractivity contribution in [1.29, 1.82) is 5.26 Å². The van der Waals surface area contributed by atoms with Crippen LogP contribution in [0.1, 0.15) is 52.0 Å². The summed E-state index contributed by atoms with van der Waals surface area (Å²) in [6.07, 6.45) is 1.02. The van der Waals surface area contributed by atoms with Gasteiger partial charge in [-0.25, -0.2) is 0 Å². The van der Waals surface area contributed by atoms with E-state index in [0.29, 0.717) is 45.0 Å². The predicted molar refractivity (Wildman–Crippen MR) is 129 cm³/mol. The van der Waals surface area contributed by atoms with Crippen molar-refractivity contribution in [1.82, 2.24) is 10.2 Å². The minimum absolute atomic E-state index is 0.00714. The Hall–Kier alpha value is -2.34. The second kappa shape index (κ2) is 8.54. The zero-order valence-corrected chi connectivity index (χ0v) is 20.7. The van der Waals surface area contributed by atoms with E-state index in [4.69, 9.17) is 17.3 Å². The van der Waals surface area contributed by atoms with Crippen LogP contribution in [0, 0.1) is 16.7 Å². The molecular formula is C23H24ClN5OS2. The number of benzene rings is 1. The number of carbonyl (C=O) groups is 1. The summed E-state index contributed by atoms with van der Waals surface area (Å²) >= 11 is 9.55. The summed E-state index contributed by atoms with van der Waals surface area (Å²) in [6, 6.07) is 9.57. The van der Waals surface area contributed by atoms with Crippen LogP contribution in [0.2, 0.25) is 5.02 Å². The number of hydrogen-bond acceptors (Lipinski definition) is 8. The van der Waals surface area contributed by atoms with Crippen LogP contribution in [0.25, 0.3) is 0 Å². The van der Waals surface area contributed by atoms with Crippen LogP contribution in [-0.4, -0.2) is 21.2 Å². The molecule has 1 unspecified atom stereocenters. The normalized spacial score (nSPS) is 20.6. The van der Waals surface area contributed by atoms with Crippen molar-refractivity contribution < 1.29 is 4.79 Å². The lowest BCUT2D eigenvalue weighted by molar-refractivity contribution is -0.118. The van der Waals surface area contributed by atoms with Gasteiger partial charge < -0.3 is 5.73 Å².